The first-order valence-corrected chi connectivity index (χ1v) is 11.0. The van der Waals surface area contributed by atoms with E-state index < -0.39 is 25.4 Å². The van der Waals surface area contributed by atoms with E-state index in [0.717, 1.165) is 0 Å². The number of rotatable bonds is 6. The topological polar surface area (TPSA) is 95.1 Å². The molecule has 1 aliphatic carbocycles. The van der Waals surface area contributed by atoms with E-state index >= 15 is 0 Å². The summed E-state index contributed by atoms with van der Waals surface area (Å²) in [5.74, 6) is 0.740. The van der Waals surface area contributed by atoms with E-state index in [0.29, 0.717) is 41.4 Å². The molecule has 1 saturated carbocycles. The van der Waals surface area contributed by atoms with Gasteiger partial charge in [0, 0.05) is 17.8 Å². The van der Waals surface area contributed by atoms with Gasteiger partial charge in [-0.25, -0.2) is 33.2 Å². The molecule has 9 nitrogen and oxygen atoms in total. The Bertz CT molecular complexity index is 1340. The van der Waals surface area contributed by atoms with Crippen molar-refractivity contribution >= 4 is 22.8 Å². The Morgan fingerprint density at radius 3 is 2.60 bits per heavy atom. The molecule has 0 aliphatic heterocycles. The first-order valence-electron chi connectivity index (χ1n) is 11.0. The largest absolute Gasteiger partial charge is 0.522 e. The van der Waals surface area contributed by atoms with Crippen LogP contribution in [-0.2, 0) is 11.3 Å². The minimum Gasteiger partial charge on any atom is -0.350 e. The summed E-state index contributed by atoms with van der Waals surface area (Å²) in [6, 6.07) is 1.70. The van der Waals surface area contributed by atoms with Gasteiger partial charge in [-0.15, -0.1) is 18.3 Å². The molecule has 4 heterocycles. The molecule has 1 aliphatic rings. The van der Waals surface area contributed by atoms with Crippen LogP contribution < -0.4 is 5.32 Å². The Labute approximate surface area is 195 Å². The van der Waals surface area contributed by atoms with Crippen LogP contribution >= 0.6 is 0 Å². The molecule has 1 N–H and O–H groups in total. The first kappa shape index (κ1) is 23.3. The molecule has 5 rings (SSSR count). The van der Waals surface area contributed by atoms with Gasteiger partial charge in [0.1, 0.15) is 5.82 Å². The number of ether oxygens (including phenoxy) is 1. The maximum Gasteiger partial charge on any atom is 0.522 e. The van der Waals surface area contributed by atoms with Gasteiger partial charge in [-0.1, -0.05) is 0 Å². The highest BCUT2D eigenvalue weighted by Gasteiger charge is 2.35. The molecular formula is C21H21F5N8O. The Kier molecular flexibility index (Phi) is 5.99. The molecule has 0 aromatic carbocycles. The maximum atomic E-state index is 13.0. The number of aromatic nitrogens is 7. The molecule has 0 amide bonds. The minimum absolute atomic E-state index is 0.0674. The van der Waals surface area contributed by atoms with Crippen LogP contribution in [0.2, 0.25) is 0 Å². The molecule has 0 unspecified atom stereocenters. The number of hydrogen-bond donors (Lipinski definition) is 1. The lowest BCUT2D eigenvalue weighted by Crippen LogP contribution is -2.33. The van der Waals surface area contributed by atoms with Crippen molar-refractivity contribution in [3.63, 3.8) is 0 Å². The van der Waals surface area contributed by atoms with Crippen molar-refractivity contribution in [2.24, 2.45) is 0 Å². The van der Waals surface area contributed by atoms with Gasteiger partial charge in [-0.2, -0.15) is 0 Å². The zero-order chi connectivity index (χ0) is 24.7. The van der Waals surface area contributed by atoms with Gasteiger partial charge in [0.25, 0.3) is 6.43 Å². The molecule has 35 heavy (non-hydrogen) atoms. The summed E-state index contributed by atoms with van der Waals surface area (Å²) in [4.78, 5) is 17.3. The molecule has 4 aromatic rings. The number of nitrogens with one attached hydrogen (secondary N) is 1. The molecule has 1 fully saturated rings. The van der Waals surface area contributed by atoms with E-state index in [1.54, 1.807) is 29.9 Å². The predicted molar refractivity (Wildman–Crippen MR) is 115 cm³/mol. The van der Waals surface area contributed by atoms with Crippen LogP contribution in [0.15, 0.2) is 24.7 Å². The van der Waals surface area contributed by atoms with Crippen LogP contribution in [0, 0.1) is 6.92 Å². The maximum absolute atomic E-state index is 13.0. The number of halogens is 5. The molecule has 0 saturated heterocycles. The van der Waals surface area contributed by atoms with Crippen molar-refractivity contribution in [1.82, 2.24) is 34.1 Å². The Balaban J connectivity index is 1.34. The number of alkyl halides is 5. The van der Waals surface area contributed by atoms with Gasteiger partial charge in [-0.3, -0.25) is 4.74 Å². The number of hydrogen-bond acceptors (Lipinski definition) is 7. The first-order chi connectivity index (χ1) is 16.7. The normalized spacial score (nSPS) is 19.2. The summed E-state index contributed by atoms with van der Waals surface area (Å²) < 4.78 is 70.3. The smallest absolute Gasteiger partial charge is 0.350 e. The number of anilines is 1. The van der Waals surface area contributed by atoms with Crippen LogP contribution in [0.3, 0.4) is 0 Å². The Morgan fingerprint density at radius 1 is 1.11 bits per heavy atom. The van der Waals surface area contributed by atoms with E-state index in [1.165, 1.54) is 10.8 Å². The molecular weight excluding hydrogens is 475 g/mol. The summed E-state index contributed by atoms with van der Waals surface area (Å²) in [5.41, 5.74) is 2.31. The molecule has 14 heteroatoms. The van der Waals surface area contributed by atoms with Gasteiger partial charge < -0.3 is 9.88 Å². The zero-order valence-corrected chi connectivity index (χ0v) is 18.5. The van der Waals surface area contributed by atoms with Crippen molar-refractivity contribution in [1.29, 1.82) is 0 Å². The van der Waals surface area contributed by atoms with Crippen molar-refractivity contribution < 1.29 is 26.7 Å². The third-order valence-corrected chi connectivity index (χ3v) is 5.97. The van der Waals surface area contributed by atoms with Crippen molar-refractivity contribution in [2.45, 2.75) is 64.1 Å². The van der Waals surface area contributed by atoms with Crippen LogP contribution in [-0.4, -0.2) is 59.1 Å². The second kappa shape index (κ2) is 8.98. The van der Waals surface area contributed by atoms with Gasteiger partial charge >= 0.3 is 6.36 Å². The molecule has 0 radical (unpaired) electrons. The average Bonchev–Trinajstić information content (AvgIpc) is 3.34. The summed E-state index contributed by atoms with van der Waals surface area (Å²) in [6.45, 7) is 1.09. The second-order valence-electron chi connectivity index (χ2n) is 8.39. The van der Waals surface area contributed by atoms with E-state index in [9.17, 15) is 22.0 Å². The van der Waals surface area contributed by atoms with Crippen molar-refractivity contribution in [2.75, 3.05) is 5.32 Å². The highest BCUT2D eigenvalue weighted by molar-refractivity contribution is 5.80. The van der Waals surface area contributed by atoms with Crippen LogP contribution in [0.1, 0.15) is 31.5 Å². The fourth-order valence-electron chi connectivity index (χ4n) is 4.37. The van der Waals surface area contributed by atoms with E-state index in [4.69, 9.17) is 0 Å². The Morgan fingerprint density at radius 2 is 1.89 bits per heavy atom. The molecule has 0 bridgehead atoms. The summed E-state index contributed by atoms with van der Waals surface area (Å²) >= 11 is 0. The van der Waals surface area contributed by atoms with Crippen molar-refractivity contribution in [3.8, 4) is 11.3 Å². The van der Waals surface area contributed by atoms with Gasteiger partial charge in [0.15, 0.2) is 11.3 Å². The van der Waals surface area contributed by atoms with E-state index in [2.05, 4.69) is 35.1 Å². The van der Waals surface area contributed by atoms with E-state index in [1.807, 2.05) is 0 Å². The lowest BCUT2D eigenvalue weighted by atomic mass is 9.93. The predicted octanol–water partition coefficient (Wildman–Crippen LogP) is 4.37. The number of aryl methyl sites for hydroxylation is 1. The lowest BCUT2D eigenvalue weighted by molar-refractivity contribution is -0.345. The third kappa shape index (κ3) is 5.01. The highest BCUT2D eigenvalue weighted by Crippen LogP contribution is 2.29. The lowest BCUT2D eigenvalue weighted by Gasteiger charge is -2.29. The average molecular weight is 496 g/mol. The van der Waals surface area contributed by atoms with E-state index in [-0.39, 0.29) is 30.2 Å². The van der Waals surface area contributed by atoms with Gasteiger partial charge in [-0.05, 0) is 38.7 Å². The monoisotopic (exact) mass is 496 g/mol. The number of fused-ring (bicyclic) bond motifs is 2. The van der Waals surface area contributed by atoms with Crippen LogP contribution in [0.5, 0.6) is 0 Å². The third-order valence-electron chi connectivity index (χ3n) is 5.97. The van der Waals surface area contributed by atoms with Gasteiger partial charge in [0.05, 0.1) is 36.3 Å². The zero-order valence-electron chi connectivity index (χ0n) is 18.5. The summed E-state index contributed by atoms with van der Waals surface area (Å²) in [5, 5.41) is 7.60. The SMILES string of the molecule is Cc1nc2ncc(-c3ccn4nc(N[C@H]5CC[C@@H](OC(F)(F)F)CC5)ncc34)nc2n1CC(F)F. The summed E-state index contributed by atoms with van der Waals surface area (Å²) in [7, 11) is 0. The van der Waals surface area contributed by atoms with Crippen LogP contribution in [0.25, 0.3) is 28.1 Å². The van der Waals surface area contributed by atoms with Crippen LogP contribution in [0.4, 0.5) is 27.9 Å². The number of nitrogens with zero attached hydrogens (tertiary/aromatic N) is 7. The molecule has 186 valence electrons. The standard InChI is InChI=1S/C21H21F5N8O/c1-11-29-18-19(33(11)10-17(22)23)31-15(8-27-18)14-6-7-34-16(14)9-28-20(32-34)30-12-2-4-13(5-3-12)35-21(24,25)26/h6-9,12-13,17H,2-5,10H2,1H3,(H,30,32)/t12-,13+. The summed E-state index contributed by atoms with van der Waals surface area (Å²) in [6.07, 6.45) is -1.62. The fraction of sp³-hybridized carbons (Fsp3) is 0.476. The number of imidazole rings is 1. The molecule has 0 atom stereocenters. The quantitative estimate of drug-likeness (QED) is 0.396. The fourth-order valence-corrected chi connectivity index (χ4v) is 4.37. The minimum atomic E-state index is -4.62. The Hall–Kier alpha value is -3.42. The van der Waals surface area contributed by atoms with Gasteiger partial charge in [0.2, 0.25) is 5.95 Å². The van der Waals surface area contributed by atoms with Crippen molar-refractivity contribution in [3.05, 3.63) is 30.5 Å². The highest BCUT2D eigenvalue weighted by atomic mass is 19.4. The molecule has 4 aromatic heterocycles. The molecule has 0 spiro atoms. The second-order valence-corrected chi connectivity index (χ2v) is 8.39.